The van der Waals surface area contributed by atoms with Crippen molar-refractivity contribution in [1.29, 1.82) is 0 Å². The van der Waals surface area contributed by atoms with E-state index in [-0.39, 0.29) is 18.4 Å². The first-order valence-corrected chi connectivity index (χ1v) is 9.19. The highest BCUT2D eigenvalue weighted by atomic mass is 35.5. The van der Waals surface area contributed by atoms with Gasteiger partial charge in [0.05, 0.1) is 13.5 Å². The molecule has 1 fully saturated rings. The van der Waals surface area contributed by atoms with Gasteiger partial charge in [0.25, 0.3) is 5.91 Å². The van der Waals surface area contributed by atoms with Gasteiger partial charge in [0, 0.05) is 16.6 Å². The molecule has 0 saturated heterocycles. The van der Waals surface area contributed by atoms with Crippen molar-refractivity contribution < 1.29 is 19.1 Å². The van der Waals surface area contributed by atoms with Crippen LogP contribution in [-0.2, 0) is 20.7 Å². The molecule has 5 nitrogen and oxygen atoms in total. The van der Waals surface area contributed by atoms with Gasteiger partial charge in [-0.2, -0.15) is 0 Å². The Labute approximate surface area is 154 Å². The summed E-state index contributed by atoms with van der Waals surface area (Å²) < 4.78 is 10.5. The van der Waals surface area contributed by atoms with Crippen molar-refractivity contribution in [2.24, 2.45) is 0 Å². The monoisotopic (exact) mass is 367 g/mol. The lowest BCUT2D eigenvalue weighted by atomic mass is 10.1. The van der Waals surface area contributed by atoms with Crippen LogP contribution in [0.3, 0.4) is 0 Å². The predicted octanol–water partition coefficient (Wildman–Crippen LogP) is 3.66. The molecular formula is C19H26ClNO4. The molecule has 0 bridgehead atoms. The highest BCUT2D eigenvalue weighted by Crippen LogP contribution is 2.23. The number of halogens is 1. The summed E-state index contributed by atoms with van der Waals surface area (Å²) in [5.41, 5.74) is 0.636. The maximum absolute atomic E-state index is 12.3. The summed E-state index contributed by atoms with van der Waals surface area (Å²) in [6, 6.07) is 5.24. The van der Waals surface area contributed by atoms with Crippen molar-refractivity contribution in [2.45, 2.75) is 64.0 Å². The standard InChI is InChI=1S/C19H26ClNO4/c1-13(19(23)21-16-7-5-3-4-6-8-16)25-18(22)12-14-11-15(20)9-10-17(14)24-2/h9-11,13,16H,3-8,12H2,1-2H3,(H,21,23)/t13-/m0/s1. The molecule has 1 aliphatic rings. The van der Waals surface area contributed by atoms with Crippen LogP contribution in [0.2, 0.25) is 5.02 Å². The number of carbonyl (C=O) groups is 2. The number of nitrogens with one attached hydrogen (secondary N) is 1. The molecule has 1 aliphatic carbocycles. The summed E-state index contributed by atoms with van der Waals surface area (Å²) in [5.74, 6) is -0.153. The third kappa shape index (κ3) is 6.24. The number of amides is 1. The second kappa shape index (κ2) is 9.66. The van der Waals surface area contributed by atoms with Crippen LogP contribution < -0.4 is 10.1 Å². The minimum Gasteiger partial charge on any atom is -0.496 e. The van der Waals surface area contributed by atoms with Crippen molar-refractivity contribution in [3.8, 4) is 5.75 Å². The van der Waals surface area contributed by atoms with E-state index in [0.29, 0.717) is 16.3 Å². The molecule has 1 atom stereocenters. The Morgan fingerprint density at radius 2 is 1.92 bits per heavy atom. The average Bonchev–Trinajstić information content (AvgIpc) is 2.83. The van der Waals surface area contributed by atoms with Gasteiger partial charge in [0.2, 0.25) is 0 Å². The van der Waals surface area contributed by atoms with E-state index in [1.165, 1.54) is 20.0 Å². The van der Waals surface area contributed by atoms with Crippen LogP contribution in [0.4, 0.5) is 0 Å². The van der Waals surface area contributed by atoms with Gasteiger partial charge in [0.1, 0.15) is 5.75 Å². The maximum atomic E-state index is 12.3. The SMILES string of the molecule is COc1ccc(Cl)cc1CC(=O)O[C@@H](C)C(=O)NC1CCCCCC1. The summed E-state index contributed by atoms with van der Waals surface area (Å²) >= 11 is 5.96. The fraction of sp³-hybridized carbons (Fsp3) is 0.579. The molecule has 1 aromatic rings. The van der Waals surface area contributed by atoms with Crippen LogP contribution in [0, 0.1) is 0 Å². The van der Waals surface area contributed by atoms with E-state index in [0.717, 1.165) is 25.7 Å². The molecule has 0 unspecified atom stereocenters. The zero-order valence-electron chi connectivity index (χ0n) is 14.8. The summed E-state index contributed by atoms with van der Waals surface area (Å²) in [6.07, 6.45) is 5.88. The lowest BCUT2D eigenvalue weighted by Gasteiger charge is -2.20. The van der Waals surface area contributed by atoms with Gasteiger partial charge >= 0.3 is 5.97 Å². The summed E-state index contributed by atoms with van der Waals surface area (Å²) in [4.78, 5) is 24.4. The molecule has 1 amide bonds. The number of hydrogen-bond donors (Lipinski definition) is 1. The summed E-state index contributed by atoms with van der Waals surface area (Å²) in [5, 5.41) is 3.51. The molecule has 0 radical (unpaired) electrons. The molecule has 25 heavy (non-hydrogen) atoms. The van der Waals surface area contributed by atoms with Crippen molar-refractivity contribution in [2.75, 3.05) is 7.11 Å². The van der Waals surface area contributed by atoms with E-state index < -0.39 is 12.1 Å². The molecule has 0 aliphatic heterocycles. The van der Waals surface area contributed by atoms with Crippen LogP contribution in [0.1, 0.15) is 51.0 Å². The smallest absolute Gasteiger partial charge is 0.311 e. The Hall–Kier alpha value is -1.75. The molecule has 1 saturated carbocycles. The molecule has 0 aromatic heterocycles. The Kier molecular flexibility index (Phi) is 7.56. The van der Waals surface area contributed by atoms with E-state index in [1.807, 2.05) is 0 Å². The lowest BCUT2D eigenvalue weighted by Crippen LogP contribution is -2.42. The maximum Gasteiger partial charge on any atom is 0.311 e. The largest absolute Gasteiger partial charge is 0.496 e. The van der Waals surface area contributed by atoms with E-state index in [9.17, 15) is 9.59 Å². The van der Waals surface area contributed by atoms with Gasteiger partial charge in [0.15, 0.2) is 6.10 Å². The van der Waals surface area contributed by atoms with Gasteiger partial charge in [-0.3, -0.25) is 9.59 Å². The van der Waals surface area contributed by atoms with Crippen LogP contribution >= 0.6 is 11.6 Å². The van der Waals surface area contributed by atoms with Gasteiger partial charge in [-0.1, -0.05) is 37.3 Å². The van der Waals surface area contributed by atoms with Gasteiger partial charge in [-0.25, -0.2) is 0 Å². The number of carbonyl (C=O) groups excluding carboxylic acids is 2. The van der Waals surface area contributed by atoms with Crippen LogP contribution in [0.5, 0.6) is 5.75 Å². The summed E-state index contributed by atoms with van der Waals surface area (Å²) in [6.45, 7) is 1.60. The molecule has 2 rings (SSSR count). The zero-order valence-corrected chi connectivity index (χ0v) is 15.6. The van der Waals surface area contributed by atoms with Crippen molar-refractivity contribution in [3.05, 3.63) is 28.8 Å². The highest BCUT2D eigenvalue weighted by Gasteiger charge is 2.22. The first kappa shape index (κ1) is 19.6. The van der Waals surface area contributed by atoms with Crippen molar-refractivity contribution >= 4 is 23.5 Å². The third-order valence-electron chi connectivity index (χ3n) is 4.46. The fourth-order valence-electron chi connectivity index (χ4n) is 3.08. The minimum atomic E-state index is -0.819. The van der Waals surface area contributed by atoms with Crippen molar-refractivity contribution in [1.82, 2.24) is 5.32 Å². The van der Waals surface area contributed by atoms with Gasteiger partial charge in [-0.15, -0.1) is 0 Å². The number of methoxy groups -OCH3 is 1. The van der Waals surface area contributed by atoms with Crippen LogP contribution in [0.15, 0.2) is 18.2 Å². The minimum absolute atomic E-state index is 0.00474. The Balaban J connectivity index is 1.86. The van der Waals surface area contributed by atoms with Gasteiger partial charge < -0.3 is 14.8 Å². The van der Waals surface area contributed by atoms with Crippen LogP contribution in [-0.4, -0.2) is 31.1 Å². The lowest BCUT2D eigenvalue weighted by molar-refractivity contribution is -0.154. The van der Waals surface area contributed by atoms with E-state index >= 15 is 0 Å². The summed E-state index contributed by atoms with van der Waals surface area (Å²) in [7, 11) is 1.53. The second-order valence-corrected chi connectivity index (χ2v) is 6.90. The zero-order chi connectivity index (χ0) is 18.2. The number of hydrogen-bond acceptors (Lipinski definition) is 4. The highest BCUT2D eigenvalue weighted by molar-refractivity contribution is 6.30. The Bertz CT molecular complexity index is 597. The molecule has 0 heterocycles. The number of ether oxygens (including phenoxy) is 2. The number of benzene rings is 1. The first-order chi connectivity index (χ1) is 12.0. The second-order valence-electron chi connectivity index (χ2n) is 6.46. The molecule has 0 spiro atoms. The molecule has 1 aromatic carbocycles. The van der Waals surface area contributed by atoms with Gasteiger partial charge in [-0.05, 0) is 38.0 Å². The average molecular weight is 368 g/mol. The predicted molar refractivity (Wildman–Crippen MR) is 96.9 cm³/mol. The van der Waals surface area contributed by atoms with E-state index in [4.69, 9.17) is 21.1 Å². The first-order valence-electron chi connectivity index (χ1n) is 8.82. The topological polar surface area (TPSA) is 64.6 Å². The van der Waals surface area contributed by atoms with E-state index in [1.54, 1.807) is 25.1 Å². The molecule has 6 heteroatoms. The normalized spacial score (nSPS) is 16.6. The van der Waals surface area contributed by atoms with E-state index in [2.05, 4.69) is 5.32 Å². The molecule has 138 valence electrons. The number of rotatable bonds is 6. The number of esters is 1. The third-order valence-corrected chi connectivity index (χ3v) is 4.69. The quantitative estimate of drug-likeness (QED) is 0.615. The fourth-order valence-corrected chi connectivity index (χ4v) is 3.27. The Morgan fingerprint density at radius 3 is 2.56 bits per heavy atom. The Morgan fingerprint density at radius 1 is 1.24 bits per heavy atom. The van der Waals surface area contributed by atoms with Crippen molar-refractivity contribution in [3.63, 3.8) is 0 Å². The molecular weight excluding hydrogens is 342 g/mol. The van der Waals surface area contributed by atoms with Crippen LogP contribution in [0.25, 0.3) is 0 Å². The molecule has 1 N–H and O–H groups in total.